The van der Waals surface area contributed by atoms with Crippen molar-refractivity contribution in [2.24, 2.45) is 5.92 Å². The first-order valence-electron chi connectivity index (χ1n) is 10.2. The van der Waals surface area contributed by atoms with Crippen molar-refractivity contribution in [2.75, 3.05) is 19.7 Å². The molecule has 1 aromatic carbocycles. The molecule has 5 nitrogen and oxygen atoms in total. The van der Waals surface area contributed by atoms with Crippen LogP contribution in [0, 0.1) is 5.92 Å². The summed E-state index contributed by atoms with van der Waals surface area (Å²) >= 11 is 1.65. The van der Waals surface area contributed by atoms with Gasteiger partial charge in [0.25, 0.3) is 0 Å². The first kappa shape index (κ1) is 19.7. The summed E-state index contributed by atoms with van der Waals surface area (Å²) in [6.07, 6.45) is 3.83. The number of carbonyl (C=O) groups excluding carboxylic acids is 2. The summed E-state index contributed by atoms with van der Waals surface area (Å²) in [4.78, 5) is 30.3. The van der Waals surface area contributed by atoms with E-state index in [1.807, 2.05) is 30.2 Å². The lowest BCUT2D eigenvalue weighted by molar-refractivity contribution is -0.151. The minimum Gasteiger partial charge on any atom is -0.466 e. The number of H-pyrrole nitrogens is 1. The summed E-state index contributed by atoms with van der Waals surface area (Å²) in [6.45, 7) is 3.47. The quantitative estimate of drug-likeness (QED) is 0.606. The first-order valence-corrected chi connectivity index (χ1v) is 11.1. The zero-order valence-electron chi connectivity index (χ0n) is 16.6. The minimum absolute atomic E-state index is 0.0210. The number of rotatable bonds is 6. The van der Waals surface area contributed by atoms with E-state index in [0.717, 1.165) is 16.5 Å². The number of amides is 1. The molecule has 0 bridgehead atoms. The van der Waals surface area contributed by atoms with Gasteiger partial charge < -0.3 is 14.6 Å². The molecule has 1 atom stereocenters. The van der Waals surface area contributed by atoms with E-state index >= 15 is 0 Å². The summed E-state index contributed by atoms with van der Waals surface area (Å²) in [7, 11) is 0. The molecule has 29 heavy (non-hydrogen) atoms. The van der Waals surface area contributed by atoms with Gasteiger partial charge in [-0.05, 0) is 53.8 Å². The van der Waals surface area contributed by atoms with E-state index in [9.17, 15) is 9.59 Å². The second-order valence-corrected chi connectivity index (χ2v) is 8.29. The van der Waals surface area contributed by atoms with E-state index in [1.54, 1.807) is 11.3 Å². The maximum Gasteiger partial charge on any atom is 0.309 e. The second kappa shape index (κ2) is 8.82. The van der Waals surface area contributed by atoms with Gasteiger partial charge in [0.1, 0.15) is 0 Å². The van der Waals surface area contributed by atoms with E-state index in [-0.39, 0.29) is 23.7 Å². The van der Waals surface area contributed by atoms with Gasteiger partial charge in [-0.1, -0.05) is 18.2 Å². The van der Waals surface area contributed by atoms with Gasteiger partial charge in [-0.3, -0.25) is 9.59 Å². The Morgan fingerprint density at radius 1 is 1.24 bits per heavy atom. The molecule has 1 aliphatic rings. The first-order chi connectivity index (χ1) is 14.2. The standard InChI is InChI=1S/C23H26N2O3S/c1-2-28-23(27)16-7-10-25(11-8-16)22(26)13-19(17-9-12-29-15-17)20-14-24-21-6-4-3-5-18(20)21/h3-6,9,12,14-16,19,24H,2,7-8,10-11,13H2,1H3. The summed E-state index contributed by atoms with van der Waals surface area (Å²) in [5.74, 6) is -0.0451. The number of esters is 1. The number of nitrogens with zero attached hydrogens (tertiary/aromatic N) is 1. The van der Waals surface area contributed by atoms with Crippen LogP contribution in [-0.2, 0) is 14.3 Å². The summed E-state index contributed by atoms with van der Waals surface area (Å²) in [5, 5.41) is 5.36. The van der Waals surface area contributed by atoms with Crippen molar-refractivity contribution in [1.82, 2.24) is 9.88 Å². The molecule has 152 valence electrons. The Balaban J connectivity index is 1.49. The van der Waals surface area contributed by atoms with Crippen molar-refractivity contribution in [1.29, 1.82) is 0 Å². The molecule has 1 fully saturated rings. The third kappa shape index (κ3) is 4.22. The highest BCUT2D eigenvalue weighted by atomic mass is 32.1. The average Bonchev–Trinajstić information content (AvgIpc) is 3.42. The molecule has 3 aromatic rings. The number of thiophene rings is 1. The fourth-order valence-electron chi connectivity index (χ4n) is 4.19. The van der Waals surface area contributed by atoms with E-state index < -0.39 is 0 Å². The van der Waals surface area contributed by atoms with Crippen LogP contribution in [0.2, 0.25) is 0 Å². The molecular weight excluding hydrogens is 384 g/mol. The largest absolute Gasteiger partial charge is 0.466 e. The van der Waals surface area contributed by atoms with Crippen LogP contribution in [-0.4, -0.2) is 41.5 Å². The van der Waals surface area contributed by atoms with Crippen LogP contribution in [0.25, 0.3) is 10.9 Å². The van der Waals surface area contributed by atoms with Gasteiger partial charge in [0.15, 0.2) is 0 Å². The zero-order chi connectivity index (χ0) is 20.2. The highest BCUT2D eigenvalue weighted by Gasteiger charge is 2.30. The Bertz CT molecular complexity index is 971. The molecule has 1 unspecified atom stereocenters. The average molecular weight is 411 g/mol. The van der Waals surface area contributed by atoms with Crippen LogP contribution < -0.4 is 0 Å². The molecule has 0 aliphatic carbocycles. The fourth-order valence-corrected chi connectivity index (χ4v) is 4.91. The number of benzene rings is 1. The molecule has 0 radical (unpaired) electrons. The summed E-state index contributed by atoms with van der Waals surface area (Å²) < 4.78 is 5.14. The number of ether oxygens (including phenoxy) is 1. The van der Waals surface area contributed by atoms with E-state index in [2.05, 4.69) is 33.9 Å². The molecule has 4 rings (SSSR count). The summed E-state index contributed by atoms with van der Waals surface area (Å²) in [6, 6.07) is 10.3. The molecule has 0 saturated carbocycles. The molecule has 0 spiro atoms. The Kier molecular flexibility index (Phi) is 6.00. The predicted molar refractivity (Wildman–Crippen MR) is 115 cm³/mol. The van der Waals surface area contributed by atoms with Crippen LogP contribution >= 0.6 is 11.3 Å². The smallest absolute Gasteiger partial charge is 0.309 e. The van der Waals surface area contributed by atoms with Crippen molar-refractivity contribution in [2.45, 2.75) is 32.1 Å². The molecule has 6 heteroatoms. The monoisotopic (exact) mass is 410 g/mol. The molecule has 2 aromatic heterocycles. The van der Waals surface area contributed by atoms with Crippen LogP contribution in [0.15, 0.2) is 47.3 Å². The number of hydrogen-bond acceptors (Lipinski definition) is 4. The van der Waals surface area contributed by atoms with Gasteiger partial charge in [-0.15, -0.1) is 0 Å². The van der Waals surface area contributed by atoms with Crippen molar-refractivity contribution in [3.05, 3.63) is 58.4 Å². The highest BCUT2D eigenvalue weighted by molar-refractivity contribution is 7.08. The number of likely N-dealkylation sites (tertiary alicyclic amines) is 1. The van der Waals surface area contributed by atoms with Gasteiger partial charge in [0, 0.05) is 42.5 Å². The molecular formula is C23H26N2O3S. The number of nitrogens with one attached hydrogen (secondary N) is 1. The maximum atomic E-state index is 13.1. The molecule has 1 saturated heterocycles. The summed E-state index contributed by atoms with van der Waals surface area (Å²) in [5.41, 5.74) is 3.42. The zero-order valence-corrected chi connectivity index (χ0v) is 17.4. The molecule has 1 aliphatic heterocycles. The second-order valence-electron chi connectivity index (χ2n) is 7.51. The van der Waals surface area contributed by atoms with Crippen molar-refractivity contribution in [3.63, 3.8) is 0 Å². The van der Waals surface area contributed by atoms with E-state index in [1.165, 1.54) is 5.56 Å². The van der Waals surface area contributed by atoms with Gasteiger partial charge in [0.05, 0.1) is 12.5 Å². The predicted octanol–water partition coefficient (Wildman–Crippen LogP) is 4.55. The Morgan fingerprint density at radius 3 is 2.76 bits per heavy atom. The topological polar surface area (TPSA) is 62.4 Å². The lowest BCUT2D eigenvalue weighted by Gasteiger charge is -2.32. The van der Waals surface area contributed by atoms with Crippen LogP contribution in [0.5, 0.6) is 0 Å². The molecule has 1 amide bonds. The van der Waals surface area contributed by atoms with Gasteiger partial charge in [0.2, 0.25) is 5.91 Å². The molecule has 3 heterocycles. The van der Waals surface area contributed by atoms with Crippen molar-refractivity contribution in [3.8, 4) is 0 Å². The normalized spacial score (nSPS) is 16.1. The Morgan fingerprint density at radius 2 is 2.03 bits per heavy atom. The Hall–Kier alpha value is -2.60. The number of carbonyl (C=O) groups is 2. The lowest BCUT2D eigenvalue weighted by Crippen LogP contribution is -2.41. The number of fused-ring (bicyclic) bond motifs is 1. The maximum absolute atomic E-state index is 13.1. The fraction of sp³-hybridized carbons (Fsp3) is 0.391. The van der Waals surface area contributed by atoms with Gasteiger partial charge in [-0.2, -0.15) is 11.3 Å². The lowest BCUT2D eigenvalue weighted by atomic mass is 9.89. The van der Waals surface area contributed by atoms with Crippen LogP contribution in [0.4, 0.5) is 0 Å². The number of aromatic nitrogens is 1. The highest BCUT2D eigenvalue weighted by Crippen LogP contribution is 2.35. The van der Waals surface area contributed by atoms with E-state index in [0.29, 0.717) is 39.0 Å². The van der Waals surface area contributed by atoms with Gasteiger partial charge >= 0.3 is 5.97 Å². The van der Waals surface area contributed by atoms with Crippen molar-refractivity contribution >= 4 is 34.1 Å². The SMILES string of the molecule is CCOC(=O)C1CCN(C(=O)CC(c2ccsc2)c2c[nH]c3ccccc23)CC1. The van der Waals surface area contributed by atoms with Crippen LogP contribution in [0.1, 0.15) is 43.2 Å². The van der Waals surface area contributed by atoms with Crippen molar-refractivity contribution < 1.29 is 14.3 Å². The van der Waals surface area contributed by atoms with E-state index in [4.69, 9.17) is 4.74 Å². The van der Waals surface area contributed by atoms with Gasteiger partial charge in [-0.25, -0.2) is 0 Å². The number of aromatic amines is 1. The number of hydrogen-bond donors (Lipinski definition) is 1. The number of piperidine rings is 1. The Labute approximate surface area is 174 Å². The molecule has 1 N–H and O–H groups in total. The third-order valence-corrected chi connectivity index (χ3v) is 6.49. The third-order valence-electron chi connectivity index (χ3n) is 5.79. The van der Waals surface area contributed by atoms with Crippen LogP contribution in [0.3, 0.4) is 0 Å². The minimum atomic E-state index is -0.130. The number of para-hydroxylation sites is 1.